The van der Waals surface area contributed by atoms with E-state index in [1.807, 2.05) is 41.5 Å². The number of anilines is 1. The molecule has 2 N–H and O–H groups in total. The number of benzene rings is 1. The average Bonchev–Trinajstić information content (AvgIpc) is 2.87. The van der Waals surface area contributed by atoms with Crippen LogP contribution in [0.1, 0.15) is 52.0 Å². The van der Waals surface area contributed by atoms with Crippen LogP contribution in [0.2, 0.25) is 0 Å². The Hall–Kier alpha value is -2.90. The summed E-state index contributed by atoms with van der Waals surface area (Å²) in [7, 11) is 0. The van der Waals surface area contributed by atoms with E-state index in [4.69, 9.17) is 4.42 Å². The molecule has 2 rings (SSSR count). The number of non-ortho nitro benzene ring substituents is 1. The highest BCUT2D eigenvalue weighted by atomic mass is 16.6. The Kier molecular flexibility index (Phi) is 5.06. The molecule has 8 heteroatoms. The van der Waals surface area contributed by atoms with Crippen molar-refractivity contribution in [1.82, 2.24) is 10.3 Å². The average molecular weight is 360 g/mol. The molecule has 0 fully saturated rings. The fourth-order valence-electron chi connectivity index (χ4n) is 2.15. The van der Waals surface area contributed by atoms with Crippen LogP contribution in [-0.4, -0.2) is 26.9 Å². The number of nitrogens with one attached hydrogen (secondary N) is 2. The number of hydrogen-bond acceptors (Lipinski definition) is 6. The fraction of sp³-hybridized carbons (Fsp3) is 0.444. The van der Waals surface area contributed by atoms with Crippen molar-refractivity contribution in [2.45, 2.75) is 52.6 Å². The van der Waals surface area contributed by atoms with Gasteiger partial charge in [-0.1, -0.05) is 0 Å². The van der Waals surface area contributed by atoms with Crippen LogP contribution in [0.5, 0.6) is 0 Å². The molecule has 0 saturated carbocycles. The number of nitro groups is 1. The summed E-state index contributed by atoms with van der Waals surface area (Å²) < 4.78 is 5.76. The van der Waals surface area contributed by atoms with Gasteiger partial charge in [0.15, 0.2) is 5.69 Å². The van der Waals surface area contributed by atoms with Gasteiger partial charge in [0.2, 0.25) is 11.8 Å². The lowest BCUT2D eigenvalue weighted by Crippen LogP contribution is -2.41. The Bertz CT molecular complexity index is 811. The van der Waals surface area contributed by atoms with Gasteiger partial charge < -0.3 is 15.1 Å². The normalized spacial score (nSPS) is 11.9. The molecule has 0 spiro atoms. The SMILES string of the molecule is CC(C)(C)NC(=O)c1nc(-c2ccc([N+](=O)[O-])cc2)oc1NC(C)(C)C. The largest absolute Gasteiger partial charge is 0.420 e. The number of oxazole rings is 1. The topological polar surface area (TPSA) is 110 Å². The van der Waals surface area contributed by atoms with Crippen molar-refractivity contribution < 1.29 is 14.1 Å². The molecule has 26 heavy (non-hydrogen) atoms. The molecule has 0 aliphatic heterocycles. The van der Waals surface area contributed by atoms with Gasteiger partial charge in [0, 0.05) is 28.8 Å². The molecular formula is C18H24N4O4. The lowest BCUT2D eigenvalue weighted by Gasteiger charge is -2.22. The Morgan fingerprint density at radius 2 is 1.65 bits per heavy atom. The Balaban J connectivity index is 2.43. The van der Waals surface area contributed by atoms with Crippen LogP contribution in [0, 0.1) is 10.1 Å². The van der Waals surface area contributed by atoms with E-state index in [0.717, 1.165) is 0 Å². The molecule has 0 aliphatic rings. The number of hydrogen-bond donors (Lipinski definition) is 2. The van der Waals surface area contributed by atoms with E-state index >= 15 is 0 Å². The summed E-state index contributed by atoms with van der Waals surface area (Å²) in [5.74, 6) is 0.111. The minimum absolute atomic E-state index is 0.0287. The maximum atomic E-state index is 12.6. The van der Waals surface area contributed by atoms with Gasteiger partial charge in [0.25, 0.3) is 11.6 Å². The summed E-state index contributed by atoms with van der Waals surface area (Å²) in [6.45, 7) is 11.4. The third kappa shape index (κ3) is 5.05. The minimum atomic E-state index is -0.478. The molecule has 140 valence electrons. The summed E-state index contributed by atoms with van der Waals surface area (Å²) in [4.78, 5) is 27.2. The van der Waals surface area contributed by atoms with E-state index < -0.39 is 10.5 Å². The first-order chi connectivity index (χ1) is 11.9. The summed E-state index contributed by atoms with van der Waals surface area (Å²) >= 11 is 0. The quantitative estimate of drug-likeness (QED) is 0.630. The molecule has 0 atom stereocenters. The molecule has 0 radical (unpaired) electrons. The van der Waals surface area contributed by atoms with E-state index in [-0.39, 0.29) is 34.6 Å². The standard InChI is InChI=1S/C18H24N4O4/c1-17(2,3)20-14(23)13-16(21-18(4,5)6)26-15(19-13)11-7-9-12(10-8-11)22(24)25/h7-10,21H,1-6H3,(H,20,23). The van der Waals surface area contributed by atoms with Crippen molar-refractivity contribution in [3.8, 4) is 11.5 Å². The Morgan fingerprint density at radius 1 is 1.08 bits per heavy atom. The summed E-state index contributed by atoms with van der Waals surface area (Å²) in [5, 5.41) is 16.8. The van der Waals surface area contributed by atoms with Crippen molar-refractivity contribution >= 4 is 17.5 Å². The van der Waals surface area contributed by atoms with Gasteiger partial charge >= 0.3 is 0 Å². The molecule has 0 aliphatic carbocycles. The summed E-state index contributed by atoms with van der Waals surface area (Å²) in [5.41, 5.74) is -0.115. The maximum absolute atomic E-state index is 12.6. The van der Waals surface area contributed by atoms with Crippen molar-refractivity contribution in [2.24, 2.45) is 0 Å². The van der Waals surface area contributed by atoms with Crippen molar-refractivity contribution in [2.75, 3.05) is 5.32 Å². The Morgan fingerprint density at radius 3 is 2.12 bits per heavy atom. The number of amides is 1. The van der Waals surface area contributed by atoms with Crippen LogP contribution < -0.4 is 10.6 Å². The first-order valence-corrected chi connectivity index (χ1v) is 8.22. The van der Waals surface area contributed by atoms with E-state index in [1.54, 1.807) is 0 Å². The molecule has 1 amide bonds. The van der Waals surface area contributed by atoms with Gasteiger partial charge in [-0.2, -0.15) is 0 Å². The third-order valence-electron chi connectivity index (χ3n) is 3.14. The molecule has 1 aromatic carbocycles. The maximum Gasteiger partial charge on any atom is 0.275 e. The van der Waals surface area contributed by atoms with Gasteiger partial charge in [-0.25, -0.2) is 4.98 Å². The van der Waals surface area contributed by atoms with E-state index in [1.165, 1.54) is 24.3 Å². The number of carbonyl (C=O) groups is 1. The van der Waals surface area contributed by atoms with Crippen LogP contribution in [0.25, 0.3) is 11.5 Å². The molecule has 0 bridgehead atoms. The van der Waals surface area contributed by atoms with Crippen LogP contribution in [-0.2, 0) is 0 Å². The predicted octanol–water partition coefficient (Wildman–Crippen LogP) is 3.99. The number of rotatable bonds is 4. The van der Waals surface area contributed by atoms with Crippen molar-refractivity contribution in [3.63, 3.8) is 0 Å². The number of nitrogens with zero attached hydrogens (tertiary/aromatic N) is 2. The van der Waals surface area contributed by atoms with E-state index in [2.05, 4.69) is 15.6 Å². The van der Waals surface area contributed by atoms with Crippen LogP contribution in [0.4, 0.5) is 11.6 Å². The molecule has 8 nitrogen and oxygen atoms in total. The van der Waals surface area contributed by atoms with Gasteiger partial charge in [0.05, 0.1) is 4.92 Å². The van der Waals surface area contributed by atoms with Crippen LogP contribution in [0.3, 0.4) is 0 Å². The Labute approximate surface area is 152 Å². The van der Waals surface area contributed by atoms with Crippen molar-refractivity contribution in [3.05, 3.63) is 40.1 Å². The summed E-state index contributed by atoms with van der Waals surface area (Å²) in [6.07, 6.45) is 0. The predicted molar refractivity (Wildman–Crippen MR) is 99.2 cm³/mol. The van der Waals surface area contributed by atoms with E-state index in [0.29, 0.717) is 5.56 Å². The molecule has 1 heterocycles. The van der Waals surface area contributed by atoms with Gasteiger partial charge in [-0.05, 0) is 53.7 Å². The zero-order valence-corrected chi connectivity index (χ0v) is 15.8. The zero-order valence-electron chi connectivity index (χ0n) is 15.8. The summed E-state index contributed by atoms with van der Waals surface area (Å²) in [6, 6.07) is 5.81. The van der Waals surface area contributed by atoms with Crippen LogP contribution >= 0.6 is 0 Å². The number of aromatic nitrogens is 1. The second kappa shape index (κ2) is 6.78. The number of carbonyl (C=O) groups excluding carboxylic acids is 1. The highest BCUT2D eigenvalue weighted by molar-refractivity contribution is 5.97. The molecule has 2 aromatic rings. The second-order valence-electron chi connectivity index (χ2n) is 8.08. The first-order valence-electron chi connectivity index (χ1n) is 8.22. The van der Waals surface area contributed by atoms with Crippen LogP contribution in [0.15, 0.2) is 28.7 Å². The van der Waals surface area contributed by atoms with E-state index in [9.17, 15) is 14.9 Å². The van der Waals surface area contributed by atoms with Gasteiger partial charge in [0.1, 0.15) is 0 Å². The third-order valence-corrected chi connectivity index (χ3v) is 3.14. The zero-order chi connectivity index (χ0) is 19.7. The smallest absolute Gasteiger partial charge is 0.275 e. The lowest BCUT2D eigenvalue weighted by atomic mass is 10.1. The lowest BCUT2D eigenvalue weighted by molar-refractivity contribution is -0.384. The minimum Gasteiger partial charge on any atom is -0.420 e. The highest BCUT2D eigenvalue weighted by Gasteiger charge is 2.26. The number of nitro benzene ring substituents is 1. The molecule has 1 aromatic heterocycles. The van der Waals surface area contributed by atoms with Crippen molar-refractivity contribution in [1.29, 1.82) is 0 Å². The van der Waals surface area contributed by atoms with Gasteiger partial charge in [-0.15, -0.1) is 0 Å². The second-order valence-corrected chi connectivity index (χ2v) is 8.08. The first kappa shape index (κ1) is 19.4. The van der Waals surface area contributed by atoms with Gasteiger partial charge in [-0.3, -0.25) is 14.9 Å². The molecule has 0 unspecified atom stereocenters. The molecular weight excluding hydrogens is 336 g/mol. The molecule has 0 saturated heterocycles. The highest BCUT2D eigenvalue weighted by Crippen LogP contribution is 2.29. The fourth-order valence-corrected chi connectivity index (χ4v) is 2.15. The monoisotopic (exact) mass is 360 g/mol.